The van der Waals surface area contributed by atoms with Crippen molar-refractivity contribution >= 4 is 5.69 Å². The summed E-state index contributed by atoms with van der Waals surface area (Å²) in [5.41, 5.74) is 0.658. The first-order chi connectivity index (χ1) is 12.8. The van der Waals surface area contributed by atoms with E-state index in [-0.39, 0.29) is 5.82 Å². The zero-order valence-corrected chi connectivity index (χ0v) is 15.4. The normalized spacial score (nSPS) is 19.4. The van der Waals surface area contributed by atoms with Gasteiger partial charge in [-0.15, -0.1) is 10.2 Å². The lowest BCUT2D eigenvalue weighted by molar-refractivity contribution is 0.315. The van der Waals surface area contributed by atoms with E-state index in [0.717, 1.165) is 50.7 Å². The van der Waals surface area contributed by atoms with E-state index in [2.05, 4.69) is 36.5 Å². The van der Waals surface area contributed by atoms with Crippen molar-refractivity contribution in [2.75, 3.05) is 31.1 Å². The molecule has 2 aliphatic heterocycles. The zero-order chi connectivity index (χ0) is 17.9. The second-order valence-corrected chi connectivity index (χ2v) is 7.29. The molecule has 7 heteroatoms. The van der Waals surface area contributed by atoms with Crippen LogP contribution in [-0.4, -0.2) is 50.8 Å². The van der Waals surface area contributed by atoms with Gasteiger partial charge in [-0.25, -0.2) is 4.39 Å². The summed E-state index contributed by atoms with van der Waals surface area (Å²) in [6.45, 7) is 7.99. The highest BCUT2D eigenvalue weighted by Crippen LogP contribution is 2.31. The monoisotopic (exact) mass is 358 g/mol. The molecule has 2 aliphatic rings. The molecule has 0 unspecified atom stereocenters. The van der Waals surface area contributed by atoms with Gasteiger partial charge in [0.05, 0.1) is 18.4 Å². The molecule has 0 radical (unpaired) electrons. The van der Waals surface area contributed by atoms with Crippen LogP contribution in [0.15, 0.2) is 18.5 Å². The van der Waals surface area contributed by atoms with Crippen LogP contribution in [0.1, 0.15) is 50.2 Å². The van der Waals surface area contributed by atoms with E-state index >= 15 is 0 Å². The van der Waals surface area contributed by atoms with Crippen LogP contribution in [0.5, 0.6) is 0 Å². The van der Waals surface area contributed by atoms with Gasteiger partial charge < -0.3 is 9.47 Å². The van der Waals surface area contributed by atoms with Gasteiger partial charge in [0.2, 0.25) is 0 Å². The number of nitrogens with zero attached hydrogens (tertiary/aromatic N) is 6. The molecule has 6 nitrogen and oxygen atoms in total. The van der Waals surface area contributed by atoms with Crippen molar-refractivity contribution in [1.29, 1.82) is 0 Å². The summed E-state index contributed by atoms with van der Waals surface area (Å²) >= 11 is 0. The Balaban J connectivity index is 1.44. The van der Waals surface area contributed by atoms with Crippen LogP contribution < -0.4 is 4.90 Å². The molecule has 0 atom stereocenters. The highest BCUT2D eigenvalue weighted by Gasteiger charge is 2.27. The van der Waals surface area contributed by atoms with Crippen molar-refractivity contribution in [1.82, 2.24) is 24.6 Å². The molecule has 0 spiro atoms. The summed E-state index contributed by atoms with van der Waals surface area (Å²) < 4.78 is 16.3. The minimum absolute atomic E-state index is 0.240. The molecule has 0 aliphatic carbocycles. The highest BCUT2D eigenvalue weighted by molar-refractivity contribution is 5.46. The van der Waals surface area contributed by atoms with Crippen molar-refractivity contribution in [2.24, 2.45) is 0 Å². The molecule has 0 amide bonds. The maximum atomic E-state index is 14.0. The molecule has 2 saturated heterocycles. The number of hydrogen-bond donors (Lipinski definition) is 0. The Bertz CT molecular complexity index is 731. The molecule has 4 heterocycles. The predicted octanol–water partition coefficient (Wildman–Crippen LogP) is 2.81. The van der Waals surface area contributed by atoms with E-state index in [1.54, 1.807) is 12.3 Å². The Morgan fingerprint density at radius 2 is 1.88 bits per heavy atom. The third kappa shape index (κ3) is 3.45. The van der Waals surface area contributed by atoms with E-state index in [1.165, 1.54) is 32.1 Å². The summed E-state index contributed by atoms with van der Waals surface area (Å²) in [4.78, 5) is 8.43. The summed E-state index contributed by atoms with van der Waals surface area (Å²) in [7, 11) is 0. The molecular weight excluding hydrogens is 331 g/mol. The average Bonchev–Trinajstić information content (AvgIpc) is 3.32. The first-order valence-electron chi connectivity index (χ1n) is 9.75. The Labute approximate surface area is 154 Å². The Kier molecular flexibility index (Phi) is 5.15. The minimum atomic E-state index is -0.240. The lowest BCUT2D eigenvalue weighted by Gasteiger charge is -2.33. The largest absolute Gasteiger partial charge is 0.369 e. The number of aromatic nitrogens is 4. The lowest BCUT2D eigenvalue weighted by atomic mass is 9.95. The number of piperidine rings is 1. The smallest absolute Gasteiger partial charge is 0.164 e. The van der Waals surface area contributed by atoms with Gasteiger partial charge in [-0.05, 0) is 51.8 Å². The van der Waals surface area contributed by atoms with Gasteiger partial charge in [0, 0.05) is 31.7 Å². The van der Waals surface area contributed by atoms with Gasteiger partial charge in [0.1, 0.15) is 11.6 Å². The number of halogens is 1. The summed E-state index contributed by atoms with van der Waals surface area (Å²) in [6.07, 6.45) is 7.48. The number of likely N-dealkylation sites (tertiary alicyclic amines) is 1. The molecule has 2 aromatic heterocycles. The van der Waals surface area contributed by atoms with Gasteiger partial charge in [0.25, 0.3) is 0 Å². The van der Waals surface area contributed by atoms with Crippen molar-refractivity contribution in [2.45, 2.75) is 51.6 Å². The van der Waals surface area contributed by atoms with Crippen LogP contribution in [-0.2, 0) is 13.1 Å². The van der Waals surface area contributed by atoms with Crippen LogP contribution in [0.2, 0.25) is 0 Å². The molecule has 0 saturated carbocycles. The summed E-state index contributed by atoms with van der Waals surface area (Å²) in [6, 6.07) is 1.76. The topological polar surface area (TPSA) is 50.1 Å². The third-order valence-electron chi connectivity index (χ3n) is 5.69. The maximum Gasteiger partial charge on any atom is 0.164 e. The number of anilines is 1. The molecule has 4 rings (SSSR count). The molecule has 2 aromatic rings. The van der Waals surface area contributed by atoms with E-state index in [0.29, 0.717) is 11.6 Å². The molecule has 26 heavy (non-hydrogen) atoms. The number of pyridine rings is 1. The van der Waals surface area contributed by atoms with E-state index in [4.69, 9.17) is 0 Å². The molecule has 2 fully saturated rings. The Hall–Kier alpha value is -2.02. The fourth-order valence-corrected chi connectivity index (χ4v) is 4.26. The molecule has 0 N–H and O–H groups in total. The van der Waals surface area contributed by atoms with Crippen molar-refractivity contribution < 1.29 is 4.39 Å². The van der Waals surface area contributed by atoms with Gasteiger partial charge in [0.15, 0.2) is 5.82 Å². The van der Waals surface area contributed by atoms with E-state index in [9.17, 15) is 4.39 Å². The molecule has 0 bridgehead atoms. The lowest BCUT2D eigenvalue weighted by Crippen LogP contribution is -2.34. The van der Waals surface area contributed by atoms with Crippen LogP contribution in [0.25, 0.3) is 0 Å². The standard InChI is InChI=1S/C19H27FN6/c1-2-26-18(14-24-9-3-4-10-24)22-23-19(26)15-6-11-25(12-7-15)17-5-8-21-13-16(17)20/h5,8,13,15H,2-4,6-7,9-12,14H2,1H3. The van der Waals surface area contributed by atoms with Crippen molar-refractivity contribution in [3.8, 4) is 0 Å². The summed E-state index contributed by atoms with van der Waals surface area (Å²) in [5, 5.41) is 9.06. The maximum absolute atomic E-state index is 14.0. The third-order valence-corrected chi connectivity index (χ3v) is 5.69. The highest BCUT2D eigenvalue weighted by atomic mass is 19.1. The Morgan fingerprint density at radius 3 is 2.58 bits per heavy atom. The first kappa shape index (κ1) is 17.4. The second-order valence-electron chi connectivity index (χ2n) is 7.29. The second kappa shape index (κ2) is 7.70. The van der Waals surface area contributed by atoms with Gasteiger partial charge >= 0.3 is 0 Å². The number of rotatable bonds is 5. The van der Waals surface area contributed by atoms with Crippen molar-refractivity contribution in [3.63, 3.8) is 0 Å². The summed E-state index contributed by atoms with van der Waals surface area (Å²) in [5.74, 6) is 2.36. The SMILES string of the molecule is CCn1c(CN2CCCC2)nnc1C1CCN(c2ccncc2F)CC1. The van der Waals surface area contributed by atoms with Crippen molar-refractivity contribution in [3.05, 3.63) is 35.9 Å². The molecule has 0 aromatic carbocycles. The van der Waals surface area contributed by atoms with Crippen LogP contribution >= 0.6 is 0 Å². The average molecular weight is 358 g/mol. The van der Waals surface area contributed by atoms with Gasteiger partial charge in [-0.2, -0.15) is 0 Å². The fourth-order valence-electron chi connectivity index (χ4n) is 4.26. The zero-order valence-electron chi connectivity index (χ0n) is 15.4. The van der Waals surface area contributed by atoms with E-state index in [1.807, 2.05) is 0 Å². The van der Waals surface area contributed by atoms with Gasteiger partial charge in [-0.1, -0.05) is 0 Å². The quantitative estimate of drug-likeness (QED) is 0.823. The first-order valence-corrected chi connectivity index (χ1v) is 9.75. The predicted molar refractivity (Wildman–Crippen MR) is 98.6 cm³/mol. The fraction of sp³-hybridized carbons (Fsp3) is 0.632. The Morgan fingerprint density at radius 1 is 1.12 bits per heavy atom. The van der Waals surface area contributed by atoms with Crippen LogP contribution in [0, 0.1) is 5.82 Å². The van der Waals surface area contributed by atoms with E-state index < -0.39 is 0 Å². The van der Waals surface area contributed by atoms with Gasteiger partial charge in [-0.3, -0.25) is 9.88 Å². The van der Waals surface area contributed by atoms with Crippen LogP contribution in [0.3, 0.4) is 0 Å². The minimum Gasteiger partial charge on any atom is -0.369 e. The van der Waals surface area contributed by atoms with Crippen LogP contribution in [0.4, 0.5) is 10.1 Å². The molecular formula is C19H27FN6. The molecule has 140 valence electrons. The number of hydrogen-bond acceptors (Lipinski definition) is 5.